The summed E-state index contributed by atoms with van der Waals surface area (Å²) in [5, 5.41) is 0. The maximum Gasteiger partial charge on any atom is 0.201 e. The lowest BCUT2D eigenvalue weighted by Gasteiger charge is -2.27. The van der Waals surface area contributed by atoms with Gasteiger partial charge in [0.2, 0.25) is 5.82 Å². The summed E-state index contributed by atoms with van der Waals surface area (Å²) in [6, 6.07) is 7.66. The van der Waals surface area contributed by atoms with E-state index in [1.807, 2.05) is 0 Å². The second-order valence-electron chi connectivity index (χ2n) is 8.35. The van der Waals surface area contributed by atoms with Gasteiger partial charge in [0.1, 0.15) is 5.82 Å². The molecule has 0 bridgehead atoms. The number of ether oxygens (including phenoxy) is 3. The summed E-state index contributed by atoms with van der Waals surface area (Å²) in [6.07, 6.45) is 5.48. The number of unbranched alkanes of at least 4 members (excludes halogenated alkanes) is 5. The van der Waals surface area contributed by atoms with Crippen molar-refractivity contribution in [1.29, 1.82) is 0 Å². The first-order valence-electron chi connectivity index (χ1n) is 11.6. The molecule has 1 aliphatic heterocycles. The minimum atomic E-state index is -1.04. The highest BCUT2D eigenvalue weighted by molar-refractivity contribution is 5.38. The highest BCUT2D eigenvalue weighted by Crippen LogP contribution is 2.31. The third kappa shape index (κ3) is 7.25. The van der Waals surface area contributed by atoms with Crippen LogP contribution in [0.3, 0.4) is 0 Å². The van der Waals surface area contributed by atoms with Crippen LogP contribution >= 0.6 is 0 Å². The van der Waals surface area contributed by atoms with Crippen molar-refractivity contribution in [1.82, 2.24) is 0 Å². The highest BCUT2D eigenvalue weighted by atomic mass is 19.2. The summed E-state index contributed by atoms with van der Waals surface area (Å²) in [7, 11) is 0. The van der Waals surface area contributed by atoms with Gasteiger partial charge in [-0.3, -0.25) is 0 Å². The molecule has 0 atom stereocenters. The van der Waals surface area contributed by atoms with E-state index in [0.29, 0.717) is 12.2 Å². The zero-order valence-corrected chi connectivity index (χ0v) is 19.3. The Morgan fingerprint density at radius 2 is 1.67 bits per heavy atom. The summed E-state index contributed by atoms with van der Waals surface area (Å²) in [4.78, 5) is 0. The number of hydrogen-bond acceptors (Lipinski definition) is 3. The van der Waals surface area contributed by atoms with Gasteiger partial charge in [0, 0.05) is 5.56 Å². The molecular formula is C27H31F3O3. The second kappa shape index (κ2) is 12.7. The lowest BCUT2D eigenvalue weighted by molar-refractivity contribution is -0.197. The predicted molar refractivity (Wildman–Crippen MR) is 121 cm³/mol. The minimum absolute atomic E-state index is 0.0181. The van der Waals surface area contributed by atoms with Gasteiger partial charge >= 0.3 is 0 Å². The van der Waals surface area contributed by atoms with Gasteiger partial charge in [-0.1, -0.05) is 56.9 Å². The van der Waals surface area contributed by atoms with Crippen molar-refractivity contribution < 1.29 is 27.4 Å². The van der Waals surface area contributed by atoms with E-state index in [4.69, 9.17) is 14.2 Å². The summed E-state index contributed by atoms with van der Waals surface area (Å²) in [5.41, 5.74) is 1.10. The molecule has 3 rings (SSSR count). The van der Waals surface area contributed by atoms with Crippen molar-refractivity contribution in [3.8, 4) is 17.6 Å². The summed E-state index contributed by atoms with van der Waals surface area (Å²) in [5.74, 6) is 2.86. The van der Waals surface area contributed by atoms with Gasteiger partial charge in [-0.25, -0.2) is 8.78 Å². The van der Waals surface area contributed by atoms with Crippen LogP contribution in [0.5, 0.6) is 5.75 Å². The molecule has 1 aliphatic rings. The minimum Gasteiger partial charge on any atom is -0.490 e. The summed E-state index contributed by atoms with van der Waals surface area (Å²) >= 11 is 0. The molecule has 1 heterocycles. The number of hydrogen-bond donors (Lipinski definition) is 0. The zero-order valence-electron chi connectivity index (χ0n) is 19.3. The fraction of sp³-hybridized carbons (Fsp3) is 0.481. The number of halogens is 3. The smallest absolute Gasteiger partial charge is 0.201 e. The van der Waals surface area contributed by atoms with Gasteiger partial charge in [-0.2, -0.15) is 4.39 Å². The van der Waals surface area contributed by atoms with E-state index < -0.39 is 17.9 Å². The summed E-state index contributed by atoms with van der Waals surface area (Å²) in [6.45, 7) is 4.65. The third-order valence-electron chi connectivity index (χ3n) is 5.52. The predicted octanol–water partition coefficient (Wildman–Crippen LogP) is 6.86. The Hall–Kier alpha value is -2.49. The first-order chi connectivity index (χ1) is 16.0. The molecular weight excluding hydrogens is 429 g/mol. The number of aryl methyl sites for hydroxylation is 1. The van der Waals surface area contributed by atoms with Crippen LogP contribution in [-0.4, -0.2) is 19.8 Å². The molecule has 0 amide bonds. The Morgan fingerprint density at radius 1 is 0.939 bits per heavy atom. The largest absolute Gasteiger partial charge is 0.490 e. The summed E-state index contributed by atoms with van der Waals surface area (Å²) < 4.78 is 59.6. The zero-order chi connectivity index (χ0) is 23.6. The van der Waals surface area contributed by atoms with E-state index in [9.17, 15) is 13.2 Å². The van der Waals surface area contributed by atoms with Gasteiger partial charge in [0.15, 0.2) is 17.9 Å². The van der Waals surface area contributed by atoms with Crippen molar-refractivity contribution in [2.45, 2.75) is 58.7 Å². The Kier molecular flexibility index (Phi) is 9.65. The molecule has 0 aromatic heterocycles. The Bertz CT molecular complexity index is 973. The van der Waals surface area contributed by atoms with Gasteiger partial charge in [0.05, 0.1) is 31.3 Å². The van der Waals surface area contributed by atoms with Gasteiger partial charge < -0.3 is 14.2 Å². The molecule has 1 saturated heterocycles. The Balaban J connectivity index is 1.51. The Labute approximate surface area is 194 Å². The van der Waals surface area contributed by atoms with Crippen LogP contribution in [0.1, 0.15) is 68.4 Å². The fourth-order valence-electron chi connectivity index (χ4n) is 3.57. The van der Waals surface area contributed by atoms with E-state index in [1.54, 1.807) is 19.1 Å². The molecule has 0 aliphatic carbocycles. The highest BCUT2D eigenvalue weighted by Gasteiger charge is 2.27. The third-order valence-corrected chi connectivity index (χ3v) is 5.52. The van der Waals surface area contributed by atoms with Gasteiger partial charge in [-0.05, 0) is 43.2 Å². The lowest BCUT2D eigenvalue weighted by Crippen LogP contribution is -2.27. The van der Waals surface area contributed by atoms with E-state index >= 15 is 0 Å². The normalized spacial score (nSPS) is 18.0. The lowest BCUT2D eigenvalue weighted by atomic mass is 10.1. The van der Waals surface area contributed by atoms with Crippen molar-refractivity contribution in [2.24, 2.45) is 5.92 Å². The molecule has 0 saturated carbocycles. The molecule has 178 valence electrons. The van der Waals surface area contributed by atoms with E-state index in [2.05, 4.69) is 18.8 Å². The van der Waals surface area contributed by atoms with Gasteiger partial charge in [0.25, 0.3) is 0 Å². The SMILES string of the molecule is CCCCCCCCOc1ccc(C2OCC(C#Cc3ccc(C)cc3F)CO2)c(F)c1F. The van der Waals surface area contributed by atoms with Crippen LogP contribution in [0, 0.1) is 42.1 Å². The van der Waals surface area contributed by atoms with Crippen molar-refractivity contribution in [3.05, 3.63) is 64.5 Å². The molecule has 2 aromatic rings. The number of rotatable bonds is 9. The molecule has 33 heavy (non-hydrogen) atoms. The van der Waals surface area contributed by atoms with E-state index in [-0.39, 0.29) is 36.3 Å². The first-order valence-corrected chi connectivity index (χ1v) is 11.6. The quantitative estimate of drug-likeness (QED) is 0.302. The van der Waals surface area contributed by atoms with Crippen molar-refractivity contribution >= 4 is 0 Å². The van der Waals surface area contributed by atoms with Crippen LogP contribution in [-0.2, 0) is 9.47 Å². The monoisotopic (exact) mass is 460 g/mol. The van der Waals surface area contributed by atoms with Gasteiger partial charge in [-0.15, -0.1) is 0 Å². The second-order valence-corrected chi connectivity index (χ2v) is 8.35. The fourth-order valence-corrected chi connectivity index (χ4v) is 3.57. The molecule has 6 heteroatoms. The van der Waals surface area contributed by atoms with Crippen LogP contribution in [0.2, 0.25) is 0 Å². The maximum absolute atomic E-state index is 14.6. The average Bonchev–Trinajstić information content (AvgIpc) is 2.81. The van der Waals surface area contributed by atoms with E-state index in [1.165, 1.54) is 37.5 Å². The molecule has 2 aromatic carbocycles. The van der Waals surface area contributed by atoms with Crippen LogP contribution in [0.15, 0.2) is 30.3 Å². The molecule has 0 radical (unpaired) electrons. The van der Waals surface area contributed by atoms with Crippen LogP contribution in [0.25, 0.3) is 0 Å². The topological polar surface area (TPSA) is 27.7 Å². The molecule has 0 unspecified atom stereocenters. The molecule has 0 N–H and O–H groups in total. The average molecular weight is 461 g/mol. The van der Waals surface area contributed by atoms with E-state index in [0.717, 1.165) is 24.8 Å². The standard InChI is InChI=1S/C27H31F3O3/c1-3-4-5-6-7-8-15-31-24-14-13-22(25(29)26(24)30)27-32-17-20(18-33-27)10-12-21-11-9-19(2)16-23(21)28/h9,11,13-14,16,20,27H,3-8,15,17-18H2,1-2H3. The first kappa shape index (κ1) is 25.1. The van der Waals surface area contributed by atoms with Crippen molar-refractivity contribution in [2.75, 3.05) is 19.8 Å². The van der Waals surface area contributed by atoms with Crippen molar-refractivity contribution in [3.63, 3.8) is 0 Å². The molecule has 0 spiro atoms. The molecule has 3 nitrogen and oxygen atoms in total. The maximum atomic E-state index is 14.6. The Morgan fingerprint density at radius 3 is 2.39 bits per heavy atom. The van der Waals surface area contributed by atoms with Crippen LogP contribution < -0.4 is 4.74 Å². The molecule has 1 fully saturated rings. The number of benzene rings is 2. The van der Waals surface area contributed by atoms with Crippen LogP contribution in [0.4, 0.5) is 13.2 Å².